The van der Waals surface area contributed by atoms with Crippen LogP contribution in [0.4, 0.5) is 0 Å². The number of aromatic nitrogens is 4. The average molecular weight is 290 g/mol. The lowest BCUT2D eigenvalue weighted by atomic mass is 10.4. The number of thiophene rings is 1. The molecule has 0 saturated heterocycles. The normalized spacial score (nSPS) is 11.1. The maximum atomic E-state index is 11.9. The van der Waals surface area contributed by atoms with Gasteiger partial charge in [0, 0.05) is 11.8 Å². The highest BCUT2D eigenvalue weighted by molar-refractivity contribution is 7.13. The molecule has 8 heteroatoms. The van der Waals surface area contributed by atoms with Crippen LogP contribution in [0.15, 0.2) is 28.4 Å². The van der Waals surface area contributed by atoms with Gasteiger partial charge in [0.2, 0.25) is 5.78 Å². The molecule has 0 unspecified atom stereocenters. The lowest BCUT2D eigenvalue weighted by molar-refractivity contribution is -0.137. The molecule has 3 aromatic heterocycles. The molecular formula is C12H10N4O3S. The van der Waals surface area contributed by atoms with E-state index in [-0.39, 0.29) is 17.9 Å². The summed E-state index contributed by atoms with van der Waals surface area (Å²) in [5.41, 5.74) is 0.212. The van der Waals surface area contributed by atoms with Gasteiger partial charge in [0.15, 0.2) is 5.82 Å². The topological polar surface area (TPSA) is 89.5 Å². The number of nitrogens with zero attached hydrogens (tertiary/aromatic N) is 4. The first kappa shape index (κ1) is 12.5. The van der Waals surface area contributed by atoms with Gasteiger partial charge in [0.05, 0.1) is 4.88 Å². The Balaban J connectivity index is 2.29. The van der Waals surface area contributed by atoms with Crippen molar-refractivity contribution < 1.29 is 9.90 Å². The van der Waals surface area contributed by atoms with Crippen LogP contribution in [-0.4, -0.2) is 30.2 Å². The molecule has 0 radical (unpaired) electrons. The Labute approximate surface area is 116 Å². The molecule has 3 aromatic rings. The fourth-order valence-corrected chi connectivity index (χ4v) is 2.60. The van der Waals surface area contributed by atoms with E-state index in [0.717, 1.165) is 9.39 Å². The summed E-state index contributed by atoms with van der Waals surface area (Å²) in [5, 5.41) is 15.0. The zero-order chi connectivity index (χ0) is 14.3. The van der Waals surface area contributed by atoms with Gasteiger partial charge in [0.25, 0.3) is 5.56 Å². The van der Waals surface area contributed by atoms with Crippen LogP contribution in [-0.2, 0) is 11.3 Å². The second kappa shape index (κ2) is 4.57. The van der Waals surface area contributed by atoms with Crippen molar-refractivity contribution in [1.82, 2.24) is 19.2 Å². The van der Waals surface area contributed by atoms with E-state index in [0.29, 0.717) is 11.5 Å². The molecule has 0 aromatic carbocycles. The molecule has 0 fully saturated rings. The molecule has 0 amide bonds. The van der Waals surface area contributed by atoms with Crippen molar-refractivity contribution in [1.29, 1.82) is 0 Å². The van der Waals surface area contributed by atoms with Gasteiger partial charge in [-0.05, 0) is 18.4 Å². The van der Waals surface area contributed by atoms with E-state index >= 15 is 0 Å². The summed E-state index contributed by atoms with van der Waals surface area (Å²) in [5.74, 6) is -0.345. The minimum Gasteiger partial charge on any atom is -0.480 e. The van der Waals surface area contributed by atoms with Crippen LogP contribution in [0, 0.1) is 6.92 Å². The second-order valence-corrected chi connectivity index (χ2v) is 5.18. The van der Waals surface area contributed by atoms with E-state index in [2.05, 4.69) is 10.1 Å². The smallest absolute Gasteiger partial charge is 0.323 e. The molecule has 1 N–H and O–H groups in total. The van der Waals surface area contributed by atoms with Crippen molar-refractivity contribution in [3.8, 4) is 10.7 Å². The maximum absolute atomic E-state index is 11.9. The monoisotopic (exact) mass is 290 g/mol. The van der Waals surface area contributed by atoms with E-state index in [4.69, 9.17) is 5.11 Å². The number of aliphatic carboxylic acids is 1. The Bertz CT molecular complexity index is 848. The zero-order valence-electron chi connectivity index (χ0n) is 10.5. The minimum atomic E-state index is -1.00. The van der Waals surface area contributed by atoms with E-state index in [1.54, 1.807) is 6.92 Å². The lowest BCUT2D eigenvalue weighted by Gasteiger charge is -2.07. The van der Waals surface area contributed by atoms with Crippen molar-refractivity contribution >= 4 is 23.1 Å². The Morgan fingerprint density at radius 2 is 2.30 bits per heavy atom. The predicted octanol–water partition coefficient (Wildman–Crippen LogP) is 1.01. The molecule has 102 valence electrons. The van der Waals surface area contributed by atoms with Gasteiger partial charge >= 0.3 is 5.97 Å². The summed E-state index contributed by atoms with van der Waals surface area (Å²) in [6.45, 7) is 1.40. The van der Waals surface area contributed by atoms with Crippen molar-refractivity contribution in [3.05, 3.63) is 39.6 Å². The van der Waals surface area contributed by atoms with Gasteiger partial charge in [-0.15, -0.1) is 16.4 Å². The van der Waals surface area contributed by atoms with Gasteiger partial charge in [-0.1, -0.05) is 6.07 Å². The SMILES string of the molecule is Cc1cc(=O)n2nc(-c3cccs3)nc2n1CC(=O)O. The molecule has 7 nitrogen and oxygen atoms in total. The second-order valence-electron chi connectivity index (χ2n) is 4.23. The van der Waals surface area contributed by atoms with Crippen LogP contribution in [0.3, 0.4) is 0 Å². The summed E-state index contributed by atoms with van der Waals surface area (Å²) < 4.78 is 2.58. The van der Waals surface area contributed by atoms with Crippen LogP contribution < -0.4 is 5.56 Å². The average Bonchev–Trinajstić information content (AvgIpc) is 3.02. The highest BCUT2D eigenvalue weighted by Crippen LogP contribution is 2.21. The number of fused-ring (bicyclic) bond motifs is 1. The number of carboxylic acid groups (broad SMARTS) is 1. The van der Waals surface area contributed by atoms with Crippen LogP contribution >= 0.6 is 11.3 Å². The third-order valence-electron chi connectivity index (χ3n) is 2.83. The third kappa shape index (κ3) is 1.99. The van der Waals surface area contributed by atoms with Gasteiger partial charge in [-0.3, -0.25) is 9.59 Å². The van der Waals surface area contributed by atoms with Gasteiger partial charge in [-0.2, -0.15) is 9.50 Å². The van der Waals surface area contributed by atoms with Crippen molar-refractivity contribution in [2.75, 3.05) is 0 Å². The first-order chi connectivity index (χ1) is 9.56. The molecule has 3 heterocycles. The first-order valence-corrected chi connectivity index (χ1v) is 6.67. The van der Waals surface area contributed by atoms with E-state index in [9.17, 15) is 9.59 Å². The molecule has 20 heavy (non-hydrogen) atoms. The Kier molecular flexibility index (Phi) is 2.87. The number of aryl methyl sites for hydroxylation is 1. The van der Waals surface area contributed by atoms with Gasteiger partial charge < -0.3 is 9.67 Å². The van der Waals surface area contributed by atoms with Crippen LogP contribution in [0.2, 0.25) is 0 Å². The summed E-state index contributed by atoms with van der Waals surface area (Å²) in [6, 6.07) is 5.06. The molecule has 0 aliphatic rings. The molecule has 0 atom stereocenters. The Hall–Kier alpha value is -2.48. The number of hydrogen-bond donors (Lipinski definition) is 1. The van der Waals surface area contributed by atoms with E-state index in [1.165, 1.54) is 22.0 Å². The maximum Gasteiger partial charge on any atom is 0.323 e. The molecular weight excluding hydrogens is 280 g/mol. The molecule has 0 spiro atoms. The number of carboxylic acids is 1. The number of carbonyl (C=O) groups is 1. The van der Waals surface area contributed by atoms with Gasteiger partial charge in [0.1, 0.15) is 6.54 Å². The third-order valence-corrected chi connectivity index (χ3v) is 3.70. The first-order valence-electron chi connectivity index (χ1n) is 5.79. The summed E-state index contributed by atoms with van der Waals surface area (Å²) in [6.07, 6.45) is 0. The molecule has 0 saturated carbocycles. The minimum absolute atomic E-state index is 0.237. The fourth-order valence-electron chi connectivity index (χ4n) is 1.94. The highest BCUT2D eigenvalue weighted by Gasteiger charge is 2.15. The lowest BCUT2D eigenvalue weighted by Crippen LogP contribution is -2.22. The van der Waals surface area contributed by atoms with Crippen LogP contribution in [0.5, 0.6) is 0 Å². The van der Waals surface area contributed by atoms with Crippen molar-refractivity contribution in [2.24, 2.45) is 0 Å². The largest absolute Gasteiger partial charge is 0.480 e. The van der Waals surface area contributed by atoms with Gasteiger partial charge in [-0.25, -0.2) is 0 Å². The summed E-state index contributed by atoms with van der Waals surface area (Å²) >= 11 is 1.46. The van der Waals surface area contributed by atoms with Crippen LogP contribution in [0.25, 0.3) is 16.5 Å². The number of hydrogen-bond acceptors (Lipinski definition) is 5. The summed E-state index contributed by atoms with van der Waals surface area (Å²) in [4.78, 5) is 28.0. The quantitative estimate of drug-likeness (QED) is 0.777. The number of rotatable bonds is 3. The highest BCUT2D eigenvalue weighted by atomic mass is 32.1. The van der Waals surface area contributed by atoms with Crippen LogP contribution in [0.1, 0.15) is 5.69 Å². The standard InChI is InChI=1S/C12H10N4O3S/c1-7-5-9(17)16-12(15(7)6-10(18)19)13-11(14-16)8-3-2-4-20-8/h2-5H,6H2,1H3,(H,18,19). The predicted molar refractivity (Wildman–Crippen MR) is 72.9 cm³/mol. The molecule has 0 bridgehead atoms. The van der Waals surface area contributed by atoms with E-state index < -0.39 is 5.97 Å². The zero-order valence-corrected chi connectivity index (χ0v) is 11.3. The molecule has 0 aliphatic carbocycles. The summed E-state index contributed by atoms with van der Waals surface area (Å²) in [7, 11) is 0. The molecule has 0 aliphatic heterocycles. The Morgan fingerprint density at radius 1 is 1.50 bits per heavy atom. The van der Waals surface area contributed by atoms with Crippen molar-refractivity contribution in [3.63, 3.8) is 0 Å². The molecule has 3 rings (SSSR count). The van der Waals surface area contributed by atoms with E-state index in [1.807, 2.05) is 17.5 Å². The van der Waals surface area contributed by atoms with Crippen molar-refractivity contribution in [2.45, 2.75) is 13.5 Å². The fraction of sp³-hybridized carbons (Fsp3) is 0.167. The Morgan fingerprint density at radius 3 is 2.95 bits per heavy atom.